The number of hydrogen-bond donors (Lipinski definition) is 6. The smallest absolute Gasteiger partial charge is 0.413 e. The molecule has 756 valence electrons. The fourth-order valence-electron chi connectivity index (χ4n) is 17.7. The zero-order chi connectivity index (χ0) is 102. The van der Waals surface area contributed by atoms with Gasteiger partial charge in [0.2, 0.25) is 0 Å². The fraction of sp³-hybridized carbons (Fsp3) is 0.505. The summed E-state index contributed by atoms with van der Waals surface area (Å²) in [6, 6.07) is 30.7. The summed E-state index contributed by atoms with van der Waals surface area (Å²) in [5, 5.41) is 20.3. The van der Waals surface area contributed by atoms with Crippen LogP contribution in [0.25, 0.3) is 11.1 Å². The molecule has 2 heterocycles. The summed E-state index contributed by atoms with van der Waals surface area (Å²) in [5.41, 5.74) is 4.31. The predicted octanol–water partition coefficient (Wildman–Crippen LogP) is 21.9. The molecule has 138 heavy (non-hydrogen) atoms. The van der Waals surface area contributed by atoms with Crippen LogP contribution in [0.3, 0.4) is 0 Å². The van der Waals surface area contributed by atoms with Crippen molar-refractivity contribution in [2.75, 3.05) is 73.2 Å². The molecular formula is C101H132Cl4F6N12O14S. The standard InChI is InChI=1S/C24H26ClF2N5O2S.C19H28ClFN2O2.C19H26ClFN2O2.C19H21ClFNO4.C19H29FN2O2.CH2O2/c1-32(2)22-11-16(15-4-3-5-17(26)10-15)6-7-20(22)30-21-13-19(27)23(12-18(21)25)35(33,34)31-24-8-9-28-14-29-24;2*1-19(2,3)25-18(24)22-16-7-6-12(10-17(16)23(4)5)13-8-14(20)11-15(21)9-13;1-19(2,3)26-18(24)22-10-25-17(23)15-8-11(4-5-16(15)22)12-6-13(20)9-14(21)7-12;1-19(2,3)24-18(23)21-16-10-9-14(12-17(16)22(4)5)13-7-6-8-15(20)11-13;2-1-3/h3-5,8-10,12-14,16,20,22,30H,6-7,11H2,1-2H3,(H,28,29,31);8-9,11-12,16-17H,6-7,10H2,1-5H3,(H,22,24);6,8-9,11,16-17H,7,10H2,1-5H3,(H,22,24);4,6-7,9,15-16H,5,8,10H2,1-3H3;6-8,11,14,16-17H,9-10,12H2,1-5H3,(H,21,23);1H,(H,2,3)/t16-,20-,22-;12-,16-,17-;16-,17-;15-,16-;14-,16-,17-;/m00000./s1. The Kier molecular flexibility index (Phi) is 41.4. The number of fused-ring (bicyclic) bond motifs is 1. The van der Waals surface area contributed by atoms with Gasteiger partial charge in [-0.15, -0.1) is 0 Å². The summed E-state index contributed by atoms with van der Waals surface area (Å²) in [4.78, 5) is 86.1. The number of carboxylic acid groups (broad SMARTS) is 1. The number of rotatable bonds is 17. The number of alkyl carbamates (subject to hydrolysis) is 3. The lowest BCUT2D eigenvalue weighted by molar-refractivity contribution is -0.167. The summed E-state index contributed by atoms with van der Waals surface area (Å²) in [6.07, 6.45) is 14.5. The van der Waals surface area contributed by atoms with E-state index >= 15 is 0 Å². The molecule has 6 aliphatic rings. The van der Waals surface area contributed by atoms with Crippen molar-refractivity contribution in [2.24, 2.45) is 5.92 Å². The Balaban J connectivity index is 0.000000212. The van der Waals surface area contributed by atoms with E-state index in [-0.39, 0.29) is 126 Å². The third-order valence-corrected chi connectivity index (χ3v) is 26.2. The number of nitrogens with one attached hydrogen (secondary N) is 5. The quantitative estimate of drug-likeness (QED) is 0.0214. The third-order valence-electron chi connectivity index (χ3n) is 23.8. The molecule has 4 fully saturated rings. The van der Waals surface area contributed by atoms with Crippen LogP contribution in [0.5, 0.6) is 0 Å². The van der Waals surface area contributed by atoms with Gasteiger partial charge in [0.25, 0.3) is 16.5 Å². The molecule has 4 amide bonds. The van der Waals surface area contributed by atoms with Crippen LogP contribution in [0.15, 0.2) is 151 Å². The van der Waals surface area contributed by atoms with Gasteiger partial charge in [-0.1, -0.05) is 82.8 Å². The van der Waals surface area contributed by atoms with Gasteiger partial charge in [-0.25, -0.2) is 63.9 Å². The molecule has 3 saturated carbocycles. The molecule has 1 saturated heterocycles. The van der Waals surface area contributed by atoms with Gasteiger partial charge in [-0.2, -0.15) is 0 Å². The van der Waals surface area contributed by atoms with E-state index in [0.29, 0.717) is 57.9 Å². The lowest BCUT2D eigenvalue weighted by Gasteiger charge is -2.42. The minimum absolute atomic E-state index is 0.00475. The molecule has 7 aromatic rings. The van der Waals surface area contributed by atoms with Crippen LogP contribution in [-0.4, -0.2) is 225 Å². The number of ether oxygens (including phenoxy) is 5. The van der Waals surface area contributed by atoms with Crippen molar-refractivity contribution in [3.8, 4) is 0 Å². The number of sulfonamides is 1. The highest BCUT2D eigenvalue weighted by Gasteiger charge is 2.45. The largest absolute Gasteiger partial charge is 0.483 e. The number of halogens is 10. The number of esters is 1. The Morgan fingerprint density at radius 1 is 0.500 bits per heavy atom. The summed E-state index contributed by atoms with van der Waals surface area (Å²) < 4.78 is 137. The van der Waals surface area contributed by atoms with E-state index < -0.39 is 73.2 Å². The Labute approximate surface area is 827 Å². The number of likely N-dealkylation sites (N-methyl/N-ethyl adjacent to an activating group) is 4. The van der Waals surface area contributed by atoms with Crippen molar-refractivity contribution in [3.63, 3.8) is 0 Å². The van der Waals surface area contributed by atoms with E-state index in [1.165, 1.54) is 66.0 Å². The maximum absolute atomic E-state index is 15.0. The van der Waals surface area contributed by atoms with Crippen LogP contribution in [0, 0.1) is 40.8 Å². The van der Waals surface area contributed by atoms with Crippen LogP contribution in [0.2, 0.25) is 20.1 Å². The van der Waals surface area contributed by atoms with Crippen LogP contribution in [-0.2, 0) is 43.3 Å². The van der Waals surface area contributed by atoms with Crippen LogP contribution in [0.1, 0.15) is 212 Å². The third kappa shape index (κ3) is 35.7. The van der Waals surface area contributed by atoms with E-state index in [1.807, 2.05) is 149 Å². The van der Waals surface area contributed by atoms with Gasteiger partial charge >= 0.3 is 30.3 Å². The molecular weight excluding hydrogens is 1890 g/mol. The average Bonchev–Trinajstić information content (AvgIpc) is 0.784. The lowest BCUT2D eigenvalue weighted by atomic mass is 9.78. The maximum Gasteiger partial charge on any atom is 0.413 e. The number of aromatic nitrogens is 2. The molecule has 1 aromatic heterocycles. The van der Waals surface area contributed by atoms with Gasteiger partial charge < -0.3 is 69.7 Å². The first kappa shape index (κ1) is 113. The van der Waals surface area contributed by atoms with Crippen molar-refractivity contribution >= 4 is 116 Å². The predicted molar refractivity (Wildman–Crippen MR) is 527 cm³/mol. The number of amides is 4. The molecule has 6 aromatic carbocycles. The van der Waals surface area contributed by atoms with Crippen LogP contribution < -0.4 is 26.0 Å². The Hall–Kier alpha value is -9.97. The van der Waals surface area contributed by atoms with E-state index in [4.69, 9.17) is 80.0 Å². The SMILES string of the molecule is CC(C)(C)OC(=O)N1COC(=O)[C@H]2CC(c3cc(F)cc(Cl)c3)=CC[C@@H]21.CN(C)[C@H]1CC(c2cc(F)cc(Cl)c2)=CC[C@@H]1NC(=O)OC(C)(C)C.CN(C)[C@H]1C[C@@H](c2cc(F)cc(Cl)c2)CC[C@@H]1NC(=O)OC(C)(C)C.CN(C)[C@H]1C[C@@H](c2cccc(F)c2)CC[C@@H]1NC(=O)OC(C)(C)C.CN(C)[C@H]1C[C@@H](c2cccc(F)c2)CC[C@@H]1Nc1cc(F)c(S(=O)(=O)Nc2ccncn2)cc1Cl.O=CO. The van der Waals surface area contributed by atoms with Crippen LogP contribution in [0.4, 0.5) is 57.0 Å². The molecule has 1 aliphatic heterocycles. The number of nitrogens with zero attached hydrogens (tertiary/aromatic N) is 7. The molecule has 0 spiro atoms. The van der Waals surface area contributed by atoms with Gasteiger partial charge in [0, 0.05) is 63.6 Å². The molecule has 13 atom stereocenters. The highest BCUT2D eigenvalue weighted by Crippen LogP contribution is 2.43. The molecule has 0 bridgehead atoms. The molecule has 0 unspecified atom stereocenters. The Morgan fingerprint density at radius 3 is 1.34 bits per heavy atom. The Bertz CT molecular complexity index is 5410. The highest BCUT2D eigenvalue weighted by molar-refractivity contribution is 7.92. The zero-order valence-electron chi connectivity index (χ0n) is 81.9. The van der Waals surface area contributed by atoms with Gasteiger partial charge in [0.1, 0.15) is 74.3 Å². The monoisotopic (exact) mass is 2020 g/mol. The second-order valence-electron chi connectivity index (χ2n) is 39.9. The normalized spacial score (nSPS) is 22.1. The van der Waals surface area contributed by atoms with Crippen molar-refractivity contribution in [1.29, 1.82) is 0 Å². The first-order chi connectivity index (χ1) is 64.4. The first-order valence-corrected chi connectivity index (χ1v) is 48.6. The van der Waals surface area contributed by atoms with E-state index in [1.54, 1.807) is 63.2 Å². The molecule has 37 heteroatoms. The van der Waals surface area contributed by atoms with Gasteiger partial charge in [-0.3, -0.25) is 19.2 Å². The fourth-order valence-corrected chi connectivity index (χ4v) is 19.8. The van der Waals surface area contributed by atoms with Crippen molar-refractivity contribution in [1.82, 2.24) is 50.4 Å². The molecule has 26 nitrogen and oxygen atoms in total. The summed E-state index contributed by atoms with van der Waals surface area (Å²) in [6.45, 7) is 21.6. The number of benzene rings is 6. The van der Waals surface area contributed by atoms with Crippen molar-refractivity contribution < 1.29 is 92.3 Å². The van der Waals surface area contributed by atoms with E-state index in [2.05, 4.69) is 55.6 Å². The van der Waals surface area contributed by atoms with Crippen molar-refractivity contribution in [2.45, 2.75) is 266 Å². The number of carbonyl (C=O) groups excluding carboxylic acids is 5. The number of anilines is 2. The summed E-state index contributed by atoms with van der Waals surface area (Å²) >= 11 is 24.3. The van der Waals surface area contributed by atoms with Crippen LogP contribution >= 0.6 is 46.4 Å². The van der Waals surface area contributed by atoms with Crippen molar-refractivity contribution in [3.05, 3.63) is 229 Å². The van der Waals surface area contributed by atoms with E-state index in [0.717, 1.165) is 103 Å². The second-order valence-corrected chi connectivity index (χ2v) is 43.3. The molecule has 0 radical (unpaired) electrons. The molecule has 6 N–H and O–H groups in total. The van der Waals surface area contributed by atoms with E-state index in [9.17, 15) is 58.7 Å². The minimum atomic E-state index is -4.25. The van der Waals surface area contributed by atoms with Gasteiger partial charge in [0.05, 0.1) is 28.7 Å². The summed E-state index contributed by atoms with van der Waals surface area (Å²) in [5.74, 6) is -2.60. The molecule has 13 rings (SSSR count). The highest BCUT2D eigenvalue weighted by atomic mass is 35.5. The maximum atomic E-state index is 15.0. The molecule has 5 aliphatic carbocycles. The lowest BCUT2D eigenvalue weighted by Crippen LogP contribution is -2.55. The van der Waals surface area contributed by atoms with Gasteiger partial charge in [0.15, 0.2) is 6.73 Å². The topological polar surface area (TPSA) is 305 Å². The minimum Gasteiger partial charge on any atom is -0.483 e. The Morgan fingerprint density at radius 2 is 0.913 bits per heavy atom. The zero-order valence-corrected chi connectivity index (χ0v) is 85.8. The number of cyclic esters (lactones) is 1. The number of carbonyl (C=O) groups is 6. The van der Waals surface area contributed by atoms with Gasteiger partial charge in [-0.05, 0) is 377 Å². The summed E-state index contributed by atoms with van der Waals surface area (Å²) in [7, 11) is 11.6. The second kappa shape index (κ2) is 50.4. The number of hydrogen-bond acceptors (Lipinski definition) is 20. The first-order valence-electron chi connectivity index (χ1n) is 45.7. The average molecular weight is 2030 g/mol. The number of allylic oxidation sites excluding steroid dienone is 1.